The van der Waals surface area contributed by atoms with Crippen molar-refractivity contribution >= 4 is 12.4 Å². The highest BCUT2D eigenvalue weighted by atomic mass is 35.5. The molecule has 0 aromatic heterocycles. The maximum Gasteiger partial charge on any atom is 0.161 e. The van der Waals surface area contributed by atoms with Gasteiger partial charge in [0.1, 0.15) is 0 Å². The Morgan fingerprint density at radius 2 is 1.71 bits per heavy atom. The number of benzene rings is 1. The van der Waals surface area contributed by atoms with Gasteiger partial charge in [-0.2, -0.15) is 0 Å². The fourth-order valence-electron chi connectivity index (χ4n) is 1.14. The van der Waals surface area contributed by atoms with E-state index in [1.165, 1.54) is 0 Å². The molecule has 0 aliphatic rings. The molecule has 0 spiro atoms. The molecule has 1 atom stereocenters. The molecule has 0 amide bonds. The van der Waals surface area contributed by atoms with Gasteiger partial charge >= 0.3 is 0 Å². The fourth-order valence-corrected chi connectivity index (χ4v) is 1.14. The van der Waals surface area contributed by atoms with Crippen LogP contribution in [0.1, 0.15) is 18.5 Å². The summed E-state index contributed by atoms with van der Waals surface area (Å²) in [6.07, 6.45) is 0. The quantitative estimate of drug-likeness (QED) is 0.844. The van der Waals surface area contributed by atoms with Crippen molar-refractivity contribution in [1.82, 2.24) is 0 Å². The van der Waals surface area contributed by atoms with E-state index in [-0.39, 0.29) is 18.4 Å². The first kappa shape index (κ1) is 13.1. The third kappa shape index (κ3) is 2.79. The highest BCUT2D eigenvalue weighted by Gasteiger charge is 2.06. The second-order valence-electron chi connectivity index (χ2n) is 2.90. The lowest BCUT2D eigenvalue weighted by Gasteiger charge is -2.11. The molecule has 0 saturated heterocycles. The van der Waals surface area contributed by atoms with E-state index in [9.17, 15) is 0 Å². The van der Waals surface area contributed by atoms with Gasteiger partial charge < -0.3 is 15.2 Å². The van der Waals surface area contributed by atoms with E-state index in [2.05, 4.69) is 0 Å². The molecule has 0 fully saturated rings. The monoisotopic (exact) mass is 217 g/mol. The second-order valence-corrected chi connectivity index (χ2v) is 2.90. The third-order valence-corrected chi connectivity index (χ3v) is 1.93. The van der Waals surface area contributed by atoms with Crippen LogP contribution in [0.5, 0.6) is 11.5 Å². The molecular weight excluding hydrogens is 202 g/mol. The smallest absolute Gasteiger partial charge is 0.161 e. The molecule has 0 bridgehead atoms. The molecule has 1 aromatic carbocycles. The molecule has 80 valence electrons. The highest BCUT2D eigenvalue weighted by Crippen LogP contribution is 2.29. The van der Waals surface area contributed by atoms with Crippen LogP contribution < -0.4 is 15.2 Å². The zero-order valence-corrected chi connectivity index (χ0v) is 9.43. The number of nitrogens with two attached hydrogens (primary N) is 1. The Morgan fingerprint density at radius 3 is 2.14 bits per heavy atom. The second kappa shape index (κ2) is 5.73. The van der Waals surface area contributed by atoms with Crippen LogP contribution in [0.2, 0.25) is 0 Å². The van der Waals surface area contributed by atoms with Crippen LogP contribution in [-0.2, 0) is 0 Å². The summed E-state index contributed by atoms with van der Waals surface area (Å²) in [7, 11) is 3.23. The van der Waals surface area contributed by atoms with Crippen LogP contribution in [0.4, 0.5) is 0 Å². The zero-order valence-electron chi connectivity index (χ0n) is 8.61. The lowest BCUT2D eigenvalue weighted by atomic mass is 10.1. The number of ether oxygens (including phenoxy) is 2. The average molecular weight is 218 g/mol. The average Bonchev–Trinajstić information content (AvgIpc) is 2.16. The molecule has 14 heavy (non-hydrogen) atoms. The Balaban J connectivity index is 0.00000169. The van der Waals surface area contributed by atoms with E-state index in [0.29, 0.717) is 0 Å². The van der Waals surface area contributed by atoms with Gasteiger partial charge in [0, 0.05) is 6.04 Å². The Labute approximate surface area is 90.6 Å². The van der Waals surface area contributed by atoms with Crippen molar-refractivity contribution in [3.05, 3.63) is 23.8 Å². The molecule has 0 unspecified atom stereocenters. The SMILES string of the molecule is COc1ccc([C@H](C)N)cc1OC.Cl. The molecule has 0 saturated carbocycles. The highest BCUT2D eigenvalue weighted by molar-refractivity contribution is 5.85. The molecule has 0 radical (unpaired) electrons. The van der Waals surface area contributed by atoms with Crippen LogP contribution in [0.25, 0.3) is 0 Å². The van der Waals surface area contributed by atoms with Crippen molar-refractivity contribution in [2.24, 2.45) is 5.73 Å². The molecular formula is C10H16ClNO2. The molecule has 2 N–H and O–H groups in total. The number of rotatable bonds is 3. The summed E-state index contributed by atoms with van der Waals surface area (Å²) in [4.78, 5) is 0. The fraction of sp³-hybridized carbons (Fsp3) is 0.400. The molecule has 4 heteroatoms. The van der Waals surface area contributed by atoms with Crippen molar-refractivity contribution in [3.8, 4) is 11.5 Å². The van der Waals surface area contributed by atoms with E-state index in [0.717, 1.165) is 17.1 Å². The van der Waals surface area contributed by atoms with E-state index in [1.807, 2.05) is 25.1 Å². The Bertz CT molecular complexity index is 289. The topological polar surface area (TPSA) is 44.5 Å². The van der Waals surface area contributed by atoms with Gasteiger partial charge in [0.2, 0.25) is 0 Å². The largest absolute Gasteiger partial charge is 0.493 e. The molecule has 0 aliphatic carbocycles. The van der Waals surface area contributed by atoms with Crippen molar-refractivity contribution in [1.29, 1.82) is 0 Å². The third-order valence-electron chi connectivity index (χ3n) is 1.93. The maximum atomic E-state index is 5.73. The maximum absolute atomic E-state index is 5.73. The summed E-state index contributed by atoms with van der Waals surface area (Å²) in [5.41, 5.74) is 6.77. The number of hydrogen-bond acceptors (Lipinski definition) is 3. The van der Waals surface area contributed by atoms with Gasteiger partial charge in [0.25, 0.3) is 0 Å². The Morgan fingerprint density at radius 1 is 1.14 bits per heavy atom. The summed E-state index contributed by atoms with van der Waals surface area (Å²) in [5, 5.41) is 0. The minimum atomic E-state index is 0. The van der Waals surface area contributed by atoms with Gasteiger partial charge in [-0.05, 0) is 24.6 Å². The van der Waals surface area contributed by atoms with E-state index < -0.39 is 0 Å². The van der Waals surface area contributed by atoms with Gasteiger partial charge in [-0.3, -0.25) is 0 Å². The van der Waals surface area contributed by atoms with Gasteiger partial charge in [-0.15, -0.1) is 12.4 Å². The molecule has 1 rings (SSSR count). The van der Waals surface area contributed by atoms with E-state index in [4.69, 9.17) is 15.2 Å². The number of hydrogen-bond donors (Lipinski definition) is 1. The van der Waals surface area contributed by atoms with Crippen molar-refractivity contribution in [2.45, 2.75) is 13.0 Å². The van der Waals surface area contributed by atoms with Crippen molar-refractivity contribution < 1.29 is 9.47 Å². The lowest BCUT2D eigenvalue weighted by molar-refractivity contribution is 0.354. The molecule has 0 aliphatic heterocycles. The van der Waals surface area contributed by atoms with Crippen molar-refractivity contribution in [3.63, 3.8) is 0 Å². The number of methoxy groups -OCH3 is 2. The van der Waals surface area contributed by atoms with Crippen LogP contribution >= 0.6 is 12.4 Å². The first-order valence-corrected chi connectivity index (χ1v) is 4.16. The normalized spacial score (nSPS) is 11.4. The van der Waals surface area contributed by atoms with Gasteiger partial charge in [-0.25, -0.2) is 0 Å². The standard InChI is InChI=1S/C10H15NO2.ClH/c1-7(11)8-4-5-9(12-2)10(6-8)13-3;/h4-7H,11H2,1-3H3;1H/t7-;/m0./s1. The van der Waals surface area contributed by atoms with E-state index >= 15 is 0 Å². The van der Waals surface area contributed by atoms with Crippen LogP contribution in [0, 0.1) is 0 Å². The van der Waals surface area contributed by atoms with Crippen LogP contribution in [0.3, 0.4) is 0 Å². The minimum Gasteiger partial charge on any atom is -0.493 e. The summed E-state index contributed by atoms with van der Waals surface area (Å²) in [6.45, 7) is 1.93. The predicted octanol–water partition coefficient (Wildman–Crippen LogP) is 2.15. The molecule has 0 heterocycles. The minimum absolute atomic E-state index is 0. The first-order valence-electron chi connectivity index (χ1n) is 4.16. The van der Waals surface area contributed by atoms with E-state index in [1.54, 1.807) is 14.2 Å². The lowest BCUT2D eigenvalue weighted by Crippen LogP contribution is -2.05. The number of halogens is 1. The first-order chi connectivity index (χ1) is 6.19. The zero-order chi connectivity index (χ0) is 9.84. The molecule has 1 aromatic rings. The van der Waals surface area contributed by atoms with Crippen LogP contribution in [-0.4, -0.2) is 14.2 Å². The Kier molecular flexibility index (Phi) is 5.35. The predicted molar refractivity (Wildman–Crippen MR) is 59.4 cm³/mol. The van der Waals surface area contributed by atoms with Gasteiger partial charge in [-0.1, -0.05) is 6.07 Å². The summed E-state index contributed by atoms with van der Waals surface area (Å²) in [5.74, 6) is 1.45. The van der Waals surface area contributed by atoms with Gasteiger partial charge in [0.15, 0.2) is 11.5 Å². The molecule has 3 nitrogen and oxygen atoms in total. The summed E-state index contributed by atoms with van der Waals surface area (Å²) < 4.78 is 10.3. The summed E-state index contributed by atoms with van der Waals surface area (Å²) >= 11 is 0. The van der Waals surface area contributed by atoms with Crippen LogP contribution in [0.15, 0.2) is 18.2 Å². The van der Waals surface area contributed by atoms with Gasteiger partial charge in [0.05, 0.1) is 14.2 Å². The van der Waals surface area contributed by atoms with Crippen molar-refractivity contribution in [2.75, 3.05) is 14.2 Å². The Hall–Kier alpha value is -0.930. The summed E-state index contributed by atoms with van der Waals surface area (Å²) in [6, 6.07) is 5.70.